The minimum absolute atomic E-state index is 0.0621. The minimum atomic E-state index is -0.902. The molecule has 1 fully saturated rings. The van der Waals surface area contributed by atoms with Gasteiger partial charge in [-0.15, -0.1) is 0 Å². The lowest BCUT2D eigenvalue weighted by Gasteiger charge is -2.28. The van der Waals surface area contributed by atoms with Crippen molar-refractivity contribution < 1.29 is 19.1 Å². The number of aliphatic carboxylic acids is 1. The van der Waals surface area contributed by atoms with Crippen LogP contribution in [0.4, 0.5) is 0 Å². The zero-order valence-electron chi connectivity index (χ0n) is 12.9. The molecule has 2 heterocycles. The summed E-state index contributed by atoms with van der Waals surface area (Å²) < 4.78 is 5.49. The Morgan fingerprint density at radius 3 is 2.74 bits per heavy atom. The zero-order valence-corrected chi connectivity index (χ0v) is 12.9. The second kappa shape index (κ2) is 5.91. The van der Waals surface area contributed by atoms with Gasteiger partial charge in [-0.1, -0.05) is 12.8 Å². The average molecular weight is 317 g/mol. The number of H-pyrrole nitrogens is 1. The number of hydrogen-bond donors (Lipinski definition) is 3. The van der Waals surface area contributed by atoms with Crippen LogP contribution in [0, 0.1) is 6.92 Å². The monoisotopic (exact) mass is 317 g/mol. The highest BCUT2D eigenvalue weighted by Gasteiger charge is 2.38. The molecule has 1 amide bonds. The first-order valence-corrected chi connectivity index (χ1v) is 7.64. The molecule has 0 bridgehead atoms. The lowest BCUT2D eigenvalue weighted by molar-refractivity contribution is -0.138. The van der Waals surface area contributed by atoms with E-state index in [1.165, 1.54) is 0 Å². The van der Waals surface area contributed by atoms with E-state index in [1.807, 2.05) is 13.0 Å². The molecule has 2 aromatic rings. The van der Waals surface area contributed by atoms with E-state index >= 15 is 0 Å². The lowest BCUT2D eigenvalue weighted by atomic mass is 9.93. The van der Waals surface area contributed by atoms with Crippen molar-refractivity contribution in [1.29, 1.82) is 0 Å². The first-order valence-electron chi connectivity index (χ1n) is 7.64. The van der Waals surface area contributed by atoms with Gasteiger partial charge in [-0.2, -0.15) is 5.10 Å². The highest BCUT2D eigenvalue weighted by atomic mass is 16.4. The molecule has 3 rings (SSSR count). The van der Waals surface area contributed by atoms with Crippen molar-refractivity contribution in [2.75, 3.05) is 0 Å². The van der Waals surface area contributed by atoms with E-state index in [0.29, 0.717) is 24.3 Å². The predicted octanol–water partition coefficient (Wildman–Crippen LogP) is 2.50. The van der Waals surface area contributed by atoms with Gasteiger partial charge in [0.05, 0.1) is 12.0 Å². The van der Waals surface area contributed by atoms with E-state index in [9.17, 15) is 9.59 Å². The van der Waals surface area contributed by atoms with Crippen LogP contribution >= 0.6 is 0 Å². The summed E-state index contributed by atoms with van der Waals surface area (Å²) in [7, 11) is 0. The summed E-state index contributed by atoms with van der Waals surface area (Å²) in [5.74, 6) is 0.113. The molecular formula is C16H19N3O4. The molecule has 2 aromatic heterocycles. The van der Waals surface area contributed by atoms with Gasteiger partial charge in [0, 0.05) is 6.07 Å². The Kier molecular flexibility index (Phi) is 3.94. The van der Waals surface area contributed by atoms with Crippen LogP contribution in [0.25, 0.3) is 11.5 Å². The number of aryl methyl sites for hydroxylation is 1. The number of carbonyl (C=O) groups is 2. The van der Waals surface area contributed by atoms with Crippen LogP contribution < -0.4 is 5.32 Å². The molecule has 23 heavy (non-hydrogen) atoms. The fourth-order valence-corrected chi connectivity index (χ4v) is 3.14. The van der Waals surface area contributed by atoms with Crippen molar-refractivity contribution in [2.45, 2.75) is 44.6 Å². The number of aromatic amines is 1. The maximum Gasteiger partial charge on any atom is 0.305 e. The zero-order chi connectivity index (χ0) is 16.4. The summed E-state index contributed by atoms with van der Waals surface area (Å²) >= 11 is 0. The van der Waals surface area contributed by atoms with Crippen LogP contribution in [0.1, 0.15) is 48.4 Å². The van der Waals surface area contributed by atoms with E-state index in [1.54, 1.807) is 12.1 Å². The van der Waals surface area contributed by atoms with Gasteiger partial charge in [0.15, 0.2) is 11.5 Å². The van der Waals surface area contributed by atoms with Crippen molar-refractivity contribution in [1.82, 2.24) is 15.5 Å². The Balaban J connectivity index is 1.75. The van der Waals surface area contributed by atoms with Crippen LogP contribution in [0.15, 0.2) is 22.6 Å². The maximum absolute atomic E-state index is 12.4. The molecule has 7 nitrogen and oxygen atoms in total. The Hall–Kier alpha value is -2.57. The highest BCUT2D eigenvalue weighted by molar-refractivity contribution is 5.94. The fraction of sp³-hybridized carbons (Fsp3) is 0.438. The van der Waals surface area contributed by atoms with Crippen molar-refractivity contribution >= 4 is 11.9 Å². The van der Waals surface area contributed by atoms with Crippen LogP contribution in [0.2, 0.25) is 0 Å². The van der Waals surface area contributed by atoms with Gasteiger partial charge in [0.25, 0.3) is 5.91 Å². The van der Waals surface area contributed by atoms with Gasteiger partial charge in [0.2, 0.25) is 0 Å². The number of nitrogens with zero attached hydrogens (tertiary/aromatic N) is 1. The Labute approximate surface area is 133 Å². The van der Waals surface area contributed by atoms with E-state index in [4.69, 9.17) is 9.52 Å². The highest BCUT2D eigenvalue weighted by Crippen LogP contribution is 2.33. The molecule has 1 aliphatic rings. The lowest BCUT2D eigenvalue weighted by Crippen LogP contribution is -2.47. The topological polar surface area (TPSA) is 108 Å². The Morgan fingerprint density at radius 2 is 2.13 bits per heavy atom. The molecular weight excluding hydrogens is 298 g/mol. The third-order valence-corrected chi connectivity index (χ3v) is 4.25. The number of rotatable bonds is 5. The fourth-order valence-electron chi connectivity index (χ4n) is 3.14. The molecule has 0 radical (unpaired) electrons. The van der Waals surface area contributed by atoms with Crippen LogP contribution in [0.3, 0.4) is 0 Å². The third kappa shape index (κ3) is 3.28. The molecule has 122 valence electrons. The summed E-state index contributed by atoms with van der Waals surface area (Å²) in [6, 6.07) is 5.24. The summed E-state index contributed by atoms with van der Waals surface area (Å²) in [6.45, 7) is 1.84. The molecule has 3 N–H and O–H groups in total. The van der Waals surface area contributed by atoms with Gasteiger partial charge in [0.1, 0.15) is 11.5 Å². The average Bonchev–Trinajstić information content (AvgIpc) is 3.18. The minimum Gasteiger partial charge on any atom is -0.481 e. The van der Waals surface area contributed by atoms with Crippen LogP contribution in [0.5, 0.6) is 0 Å². The standard InChI is InChI=1S/C16H19N3O4/c1-10-4-5-13(23-10)11-8-12(19-18-11)15(22)17-16(9-14(20)21)6-2-3-7-16/h4-5,8H,2-3,6-7,9H2,1H3,(H,17,22)(H,18,19)(H,20,21). The van der Waals surface area contributed by atoms with Gasteiger partial charge >= 0.3 is 5.97 Å². The van der Waals surface area contributed by atoms with Crippen LogP contribution in [-0.2, 0) is 4.79 Å². The van der Waals surface area contributed by atoms with Crippen LogP contribution in [-0.4, -0.2) is 32.7 Å². The largest absolute Gasteiger partial charge is 0.481 e. The van der Waals surface area contributed by atoms with Gasteiger partial charge in [-0.3, -0.25) is 14.7 Å². The van der Waals surface area contributed by atoms with E-state index in [2.05, 4.69) is 15.5 Å². The molecule has 1 aliphatic carbocycles. The number of nitrogens with one attached hydrogen (secondary N) is 2. The van der Waals surface area contributed by atoms with Gasteiger partial charge in [-0.25, -0.2) is 0 Å². The summed E-state index contributed by atoms with van der Waals surface area (Å²) in [4.78, 5) is 23.5. The van der Waals surface area contributed by atoms with Crippen molar-refractivity contribution in [3.8, 4) is 11.5 Å². The second-order valence-corrected chi connectivity index (χ2v) is 6.09. The van der Waals surface area contributed by atoms with Gasteiger partial charge < -0.3 is 14.8 Å². The Bertz CT molecular complexity index is 725. The smallest absolute Gasteiger partial charge is 0.305 e. The number of aromatic nitrogens is 2. The van der Waals surface area contributed by atoms with Gasteiger partial charge in [-0.05, 0) is 31.9 Å². The predicted molar refractivity (Wildman–Crippen MR) is 81.9 cm³/mol. The van der Waals surface area contributed by atoms with Crippen molar-refractivity contribution in [3.05, 3.63) is 29.7 Å². The Morgan fingerprint density at radius 1 is 1.39 bits per heavy atom. The first kappa shape index (κ1) is 15.3. The number of carboxylic acids is 1. The van der Waals surface area contributed by atoms with E-state index in [0.717, 1.165) is 18.6 Å². The number of carbonyl (C=O) groups excluding carboxylic acids is 1. The van der Waals surface area contributed by atoms with E-state index < -0.39 is 11.5 Å². The first-order chi connectivity index (χ1) is 11.0. The number of furan rings is 1. The molecule has 0 unspecified atom stereocenters. The molecule has 0 spiro atoms. The molecule has 0 saturated heterocycles. The SMILES string of the molecule is Cc1ccc(-c2cc(C(=O)NC3(CC(=O)O)CCCC3)n[nH]2)o1. The molecule has 0 aromatic carbocycles. The number of carboxylic acid groups (broad SMARTS) is 1. The number of amides is 1. The summed E-state index contributed by atoms with van der Waals surface area (Å²) in [6.07, 6.45) is 3.14. The van der Waals surface area contributed by atoms with Crippen molar-refractivity contribution in [2.24, 2.45) is 0 Å². The van der Waals surface area contributed by atoms with Crippen molar-refractivity contribution in [3.63, 3.8) is 0 Å². The maximum atomic E-state index is 12.4. The third-order valence-electron chi connectivity index (χ3n) is 4.25. The number of hydrogen-bond acceptors (Lipinski definition) is 4. The quantitative estimate of drug-likeness (QED) is 0.785. The molecule has 7 heteroatoms. The van der Waals surface area contributed by atoms with E-state index in [-0.39, 0.29) is 18.0 Å². The summed E-state index contributed by atoms with van der Waals surface area (Å²) in [5.41, 5.74) is 0.177. The molecule has 1 saturated carbocycles. The molecule has 0 atom stereocenters. The summed E-state index contributed by atoms with van der Waals surface area (Å²) in [5, 5.41) is 18.8. The second-order valence-electron chi connectivity index (χ2n) is 6.09. The molecule has 0 aliphatic heterocycles. The normalized spacial score (nSPS) is 16.4.